The molecule has 0 radical (unpaired) electrons. The Morgan fingerprint density at radius 2 is 0.870 bits per heavy atom. The van der Waals surface area contributed by atoms with Gasteiger partial charge in [0.05, 0.1) is 6.42 Å². The normalized spacial score (nSPS) is 12.7. The molecular formula is C42H74O4. The molecule has 0 aliphatic carbocycles. The van der Waals surface area contributed by atoms with E-state index in [1.165, 1.54) is 109 Å². The summed E-state index contributed by atoms with van der Waals surface area (Å²) in [5, 5.41) is 9.25. The van der Waals surface area contributed by atoms with Crippen molar-refractivity contribution >= 4 is 11.9 Å². The lowest BCUT2D eigenvalue weighted by atomic mass is 10.0. The van der Waals surface area contributed by atoms with Crippen LogP contribution in [0.5, 0.6) is 0 Å². The molecule has 0 aromatic rings. The fourth-order valence-electron chi connectivity index (χ4n) is 5.65. The van der Waals surface area contributed by atoms with E-state index in [1.54, 1.807) is 0 Å². The van der Waals surface area contributed by atoms with Crippen LogP contribution in [0.15, 0.2) is 48.6 Å². The number of carboxylic acids is 1. The second-order valence-electron chi connectivity index (χ2n) is 13.1. The number of aliphatic carboxylic acids is 1. The SMILES string of the molecule is CCCCC/C=C\C/C=C\C/C=C\C/C=C\CCCCCCCC(=O)OC(CCCCCCCCCCCCCCC)CC(=O)O. The third-order valence-corrected chi connectivity index (χ3v) is 8.54. The Bertz CT molecular complexity index is 779. The van der Waals surface area contributed by atoms with Crippen LogP contribution < -0.4 is 0 Å². The van der Waals surface area contributed by atoms with Crippen molar-refractivity contribution in [3.8, 4) is 0 Å². The first-order chi connectivity index (χ1) is 22.6. The Labute approximate surface area is 285 Å². The molecule has 0 bridgehead atoms. The van der Waals surface area contributed by atoms with Crippen LogP contribution >= 0.6 is 0 Å². The van der Waals surface area contributed by atoms with E-state index in [0.717, 1.165) is 57.8 Å². The Morgan fingerprint density at radius 1 is 0.500 bits per heavy atom. The third kappa shape index (κ3) is 36.4. The van der Waals surface area contributed by atoms with Crippen molar-refractivity contribution in [2.75, 3.05) is 0 Å². The molecule has 0 heterocycles. The summed E-state index contributed by atoms with van der Waals surface area (Å²) in [5.74, 6) is -1.12. The van der Waals surface area contributed by atoms with Crippen LogP contribution in [0.1, 0.15) is 200 Å². The number of rotatable bonds is 35. The van der Waals surface area contributed by atoms with Gasteiger partial charge in [0.1, 0.15) is 6.10 Å². The molecule has 0 aliphatic rings. The summed E-state index contributed by atoms with van der Waals surface area (Å²) in [6, 6.07) is 0. The number of carbonyl (C=O) groups excluding carboxylic acids is 1. The molecule has 0 spiro atoms. The molecule has 0 rings (SSSR count). The van der Waals surface area contributed by atoms with Crippen molar-refractivity contribution in [2.45, 2.75) is 206 Å². The summed E-state index contributed by atoms with van der Waals surface area (Å²) in [7, 11) is 0. The van der Waals surface area contributed by atoms with Crippen molar-refractivity contribution in [2.24, 2.45) is 0 Å². The molecule has 0 aliphatic heterocycles. The Morgan fingerprint density at radius 3 is 1.35 bits per heavy atom. The largest absolute Gasteiger partial charge is 0.481 e. The maximum atomic E-state index is 12.3. The smallest absolute Gasteiger partial charge is 0.307 e. The monoisotopic (exact) mass is 643 g/mol. The first kappa shape index (κ1) is 43.9. The second-order valence-corrected chi connectivity index (χ2v) is 13.1. The Balaban J connectivity index is 3.71. The molecule has 1 atom stereocenters. The molecule has 266 valence electrons. The van der Waals surface area contributed by atoms with Crippen LogP contribution in [0.25, 0.3) is 0 Å². The minimum absolute atomic E-state index is 0.0819. The maximum Gasteiger partial charge on any atom is 0.307 e. The number of unbranched alkanes of at least 4 members (excludes halogenated alkanes) is 20. The topological polar surface area (TPSA) is 63.6 Å². The fourth-order valence-corrected chi connectivity index (χ4v) is 5.65. The number of allylic oxidation sites excluding steroid dienone is 8. The molecule has 0 fully saturated rings. The van der Waals surface area contributed by atoms with E-state index in [0.29, 0.717) is 12.8 Å². The summed E-state index contributed by atoms with van der Waals surface area (Å²) in [5.41, 5.74) is 0. The van der Waals surface area contributed by atoms with E-state index >= 15 is 0 Å². The molecule has 0 saturated heterocycles. The van der Waals surface area contributed by atoms with Gasteiger partial charge >= 0.3 is 11.9 Å². The van der Waals surface area contributed by atoms with Gasteiger partial charge in [0.2, 0.25) is 0 Å². The number of hydrogen-bond acceptors (Lipinski definition) is 3. The first-order valence-electron chi connectivity index (χ1n) is 19.6. The van der Waals surface area contributed by atoms with Crippen molar-refractivity contribution in [3.63, 3.8) is 0 Å². The van der Waals surface area contributed by atoms with E-state index < -0.39 is 12.1 Å². The van der Waals surface area contributed by atoms with E-state index in [9.17, 15) is 14.7 Å². The third-order valence-electron chi connectivity index (χ3n) is 8.54. The van der Waals surface area contributed by atoms with Gasteiger partial charge in [0.15, 0.2) is 0 Å². The highest BCUT2D eigenvalue weighted by atomic mass is 16.5. The number of carboxylic acid groups (broad SMARTS) is 1. The predicted octanol–water partition coefficient (Wildman–Crippen LogP) is 13.6. The van der Waals surface area contributed by atoms with Crippen molar-refractivity contribution in [1.82, 2.24) is 0 Å². The van der Waals surface area contributed by atoms with Crippen LogP contribution in [0.2, 0.25) is 0 Å². The molecule has 46 heavy (non-hydrogen) atoms. The van der Waals surface area contributed by atoms with Crippen LogP contribution in [0.3, 0.4) is 0 Å². The summed E-state index contributed by atoms with van der Waals surface area (Å²) in [4.78, 5) is 23.6. The molecule has 0 amide bonds. The lowest BCUT2D eigenvalue weighted by molar-refractivity contribution is -0.153. The van der Waals surface area contributed by atoms with Crippen LogP contribution in [-0.2, 0) is 14.3 Å². The van der Waals surface area contributed by atoms with Crippen molar-refractivity contribution in [1.29, 1.82) is 0 Å². The van der Waals surface area contributed by atoms with Crippen molar-refractivity contribution in [3.05, 3.63) is 48.6 Å². The van der Waals surface area contributed by atoms with E-state index in [1.807, 2.05) is 0 Å². The average Bonchev–Trinajstić information content (AvgIpc) is 3.03. The molecule has 0 saturated carbocycles. The summed E-state index contributed by atoms with van der Waals surface area (Å²) in [6.07, 6.45) is 49.8. The zero-order valence-corrected chi connectivity index (χ0v) is 30.4. The molecule has 1 N–H and O–H groups in total. The average molecular weight is 643 g/mol. The van der Waals surface area contributed by atoms with Gasteiger partial charge < -0.3 is 9.84 Å². The Hall–Kier alpha value is -2.10. The van der Waals surface area contributed by atoms with Crippen LogP contribution in [0.4, 0.5) is 0 Å². The predicted molar refractivity (Wildman–Crippen MR) is 199 cm³/mol. The standard InChI is InChI=1S/C42H74O4/c1-3-5-7-9-11-13-15-17-18-19-20-21-22-23-24-26-28-30-32-34-36-38-42(45)46-40(39-41(43)44)37-35-33-31-29-27-25-16-14-12-10-8-6-4-2/h11,13,17-18,20-21,23-24,40H,3-10,12,14-16,19,22,25-39H2,1-2H3,(H,43,44)/b13-11-,18-17-,21-20-,24-23-. The van der Waals surface area contributed by atoms with Gasteiger partial charge in [-0.2, -0.15) is 0 Å². The molecule has 4 heteroatoms. The van der Waals surface area contributed by atoms with Crippen molar-refractivity contribution < 1.29 is 19.4 Å². The molecule has 0 aromatic carbocycles. The van der Waals surface area contributed by atoms with Gasteiger partial charge in [0, 0.05) is 6.42 Å². The highest BCUT2D eigenvalue weighted by molar-refractivity contribution is 5.71. The molecule has 1 unspecified atom stereocenters. The van der Waals surface area contributed by atoms with Crippen LogP contribution in [-0.4, -0.2) is 23.1 Å². The molecular weight excluding hydrogens is 568 g/mol. The minimum Gasteiger partial charge on any atom is -0.481 e. The van der Waals surface area contributed by atoms with Gasteiger partial charge in [-0.25, -0.2) is 0 Å². The number of hydrogen-bond donors (Lipinski definition) is 1. The van der Waals surface area contributed by atoms with Gasteiger partial charge in [-0.3, -0.25) is 9.59 Å². The summed E-state index contributed by atoms with van der Waals surface area (Å²) >= 11 is 0. The number of ether oxygens (including phenoxy) is 1. The van der Waals surface area contributed by atoms with Crippen LogP contribution in [0, 0.1) is 0 Å². The summed E-state index contributed by atoms with van der Waals surface area (Å²) < 4.78 is 5.57. The number of carbonyl (C=O) groups is 2. The van der Waals surface area contributed by atoms with E-state index in [4.69, 9.17) is 4.74 Å². The van der Waals surface area contributed by atoms with Gasteiger partial charge in [-0.15, -0.1) is 0 Å². The Kier molecular flexibility index (Phi) is 35.7. The van der Waals surface area contributed by atoms with Gasteiger partial charge in [-0.05, 0) is 64.2 Å². The minimum atomic E-state index is -0.887. The first-order valence-corrected chi connectivity index (χ1v) is 19.6. The zero-order valence-electron chi connectivity index (χ0n) is 30.4. The highest BCUT2D eigenvalue weighted by Gasteiger charge is 2.17. The zero-order chi connectivity index (χ0) is 33.6. The molecule has 0 aromatic heterocycles. The highest BCUT2D eigenvalue weighted by Crippen LogP contribution is 2.16. The maximum absolute atomic E-state index is 12.3. The lowest BCUT2D eigenvalue weighted by Crippen LogP contribution is -2.21. The fraction of sp³-hybridized carbons (Fsp3) is 0.762. The van der Waals surface area contributed by atoms with Gasteiger partial charge in [-0.1, -0.05) is 172 Å². The summed E-state index contributed by atoms with van der Waals surface area (Å²) in [6.45, 7) is 4.51. The quantitative estimate of drug-likeness (QED) is 0.0424. The second kappa shape index (κ2) is 37.4. The van der Waals surface area contributed by atoms with E-state index in [2.05, 4.69) is 62.5 Å². The lowest BCUT2D eigenvalue weighted by Gasteiger charge is -2.16. The van der Waals surface area contributed by atoms with Gasteiger partial charge in [0.25, 0.3) is 0 Å². The molecule has 4 nitrogen and oxygen atoms in total. The van der Waals surface area contributed by atoms with E-state index in [-0.39, 0.29) is 12.4 Å². The number of esters is 1.